The molecule has 0 amide bonds. The van der Waals surface area contributed by atoms with Crippen molar-refractivity contribution < 1.29 is 14.3 Å². The summed E-state index contributed by atoms with van der Waals surface area (Å²) in [6.07, 6.45) is 3.63. The number of rotatable bonds is 5. The lowest BCUT2D eigenvalue weighted by atomic mass is 10.0. The third kappa shape index (κ3) is 3.15. The van der Waals surface area contributed by atoms with E-state index in [0.29, 0.717) is 23.5 Å². The average Bonchev–Trinajstić information content (AvgIpc) is 2.47. The van der Waals surface area contributed by atoms with Crippen LogP contribution in [0, 0.1) is 6.92 Å². The monoisotopic (exact) mass is 271 g/mol. The van der Waals surface area contributed by atoms with Gasteiger partial charge in [0.05, 0.1) is 14.2 Å². The quantitative estimate of drug-likeness (QED) is 0.785. The van der Waals surface area contributed by atoms with E-state index in [-0.39, 0.29) is 5.78 Å². The van der Waals surface area contributed by atoms with Gasteiger partial charge in [0.25, 0.3) is 0 Å². The van der Waals surface area contributed by atoms with E-state index < -0.39 is 0 Å². The molecule has 0 N–H and O–H groups in total. The molecule has 2 aromatic rings. The second-order valence-corrected chi connectivity index (χ2v) is 4.54. The first-order chi connectivity index (χ1) is 9.63. The van der Waals surface area contributed by atoms with Crippen LogP contribution in [0.4, 0.5) is 0 Å². The fourth-order valence-corrected chi connectivity index (χ4v) is 1.99. The normalized spacial score (nSPS) is 10.2. The third-order valence-electron chi connectivity index (χ3n) is 3.01. The molecule has 0 aliphatic carbocycles. The molecule has 0 fully saturated rings. The molecule has 0 aliphatic rings. The highest BCUT2D eigenvalue weighted by molar-refractivity contribution is 5.97. The molecule has 1 aromatic heterocycles. The first-order valence-corrected chi connectivity index (χ1v) is 6.30. The van der Waals surface area contributed by atoms with Crippen LogP contribution in [0.2, 0.25) is 0 Å². The van der Waals surface area contributed by atoms with Crippen LogP contribution in [0.25, 0.3) is 0 Å². The van der Waals surface area contributed by atoms with Gasteiger partial charge in [-0.2, -0.15) is 0 Å². The second-order valence-electron chi connectivity index (χ2n) is 4.54. The number of hydrogen-bond acceptors (Lipinski definition) is 4. The van der Waals surface area contributed by atoms with Crippen molar-refractivity contribution in [1.29, 1.82) is 0 Å². The molecule has 0 aliphatic heterocycles. The van der Waals surface area contributed by atoms with Crippen LogP contribution in [0.3, 0.4) is 0 Å². The summed E-state index contributed by atoms with van der Waals surface area (Å²) in [4.78, 5) is 16.3. The fourth-order valence-electron chi connectivity index (χ4n) is 1.99. The average molecular weight is 271 g/mol. The maximum Gasteiger partial charge on any atom is 0.168 e. The Labute approximate surface area is 118 Å². The standard InChI is InChI=1S/C16H17NO3/c1-11-6-13(10-17-9-11)14(18)7-12-4-5-15(19-2)16(8-12)20-3/h4-6,8-10H,7H2,1-3H3. The van der Waals surface area contributed by atoms with Crippen molar-refractivity contribution in [3.05, 3.63) is 53.3 Å². The first kappa shape index (κ1) is 14.1. The van der Waals surface area contributed by atoms with Gasteiger partial charge in [-0.1, -0.05) is 6.07 Å². The van der Waals surface area contributed by atoms with E-state index in [2.05, 4.69) is 4.98 Å². The van der Waals surface area contributed by atoms with Gasteiger partial charge in [-0.15, -0.1) is 0 Å². The molecule has 1 heterocycles. The number of methoxy groups -OCH3 is 2. The minimum absolute atomic E-state index is 0.0356. The van der Waals surface area contributed by atoms with E-state index >= 15 is 0 Å². The summed E-state index contributed by atoms with van der Waals surface area (Å²) in [6, 6.07) is 7.33. The number of pyridine rings is 1. The predicted octanol–water partition coefficient (Wildman–Crippen LogP) is 2.83. The van der Waals surface area contributed by atoms with Crippen LogP contribution in [-0.4, -0.2) is 25.0 Å². The maximum absolute atomic E-state index is 12.2. The predicted molar refractivity (Wildman–Crippen MR) is 76.6 cm³/mol. The SMILES string of the molecule is COc1ccc(CC(=O)c2cncc(C)c2)cc1OC. The van der Waals surface area contributed by atoms with Gasteiger partial charge >= 0.3 is 0 Å². The largest absolute Gasteiger partial charge is 0.493 e. The molecule has 0 saturated heterocycles. The van der Waals surface area contributed by atoms with Crippen molar-refractivity contribution in [3.8, 4) is 11.5 Å². The minimum Gasteiger partial charge on any atom is -0.493 e. The number of aromatic nitrogens is 1. The molecule has 1 aromatic carbocycles. The number of hydrogen-bond donors (Lipinski definition) is 0. The van der Waals surface area contributed by atoms with Gasteiger partial charge in [0.1, 0.15) is 0 Å². The van der Waals surface area contributed by atoms with E-state index in [1.54, 1.807) is 32.7 Å². The van der Waals surface area contributed by atoms with E-state index in [0.717, 1.165) is 11.1 Å². The summed E-state index contributed by atoms with van der Waals surface area (Å²) in [5.41, 5.74) is 2.48. The number of ketones is 1. The van der Waals surface area contributed by atoms with Crippen LogP contribution < -0.4 is 9.47 Å². The molecule has 0 unspecified atom stereocenters. The molecule has 2 rings (SSSR count). The van der Waals surface area contributed by atoms with Crippen molar-refractivity contribution in [2.45, 2.75) is 13.3 Å². The fraction of sp³-hybridized carbons (Fsp3) is 0.250. The lowest BCUT2D eigenvalue weighted by molar-refractivity contribution is 0.0992. The van der Waals surface area contributed by atoms with E-state index in [4.69, 9.17) is 9.47 Å². The Hall–Kier alpha value is -2.36. The number of aryl methyl sites for hydroxylation is 1. The van der Waals surface area contributed by atoms with E-state index in [1.165, 1.54) is 0 Å². The Balaban J connectivity index is 2.19. The molecule has 20 heavy (non-hydrogen) atoms. The summed E-state index contributed by atoms with van der Waals surface area (Å²) in [5, 5.41) is 0. The molecule has 0 atom stereocenters. The van der Waals surface area contributed by atoms with Gasteiger partial charge in [0.15, 0.2) is 17.3 Å². The van der Waals surface area contributed by atoms with Crippen molar-refractivity contribution in [2.24, 2.45) is 0 Å². The Morgan fingerprint density at radius 3 is 2.50 bits per heavy atom. The lowest BCUT2D eigenvalue weighted by Crippen LogP contribution is -2.05. The van der Waals surface area contributed by atoms with Crippen molar-refractivity contribution >= 4 is 5.78 Å². The van der Waals surface area contributed by atoms with Gasteiger partial charge in [0.2, 0.25) is 0 Å². The van der Waals surface area contributed by atoms with Crippen LogP contribution >= 0.6 is 0 Å². The van der Waals surface area contributed by atoms with E-state index in [1.807, 2.05) is 25.1 Å². The molecule has 0 saturated carbocycles. The Kier molecular flexibility index (Phi) is 4.35. The van der Waals surface area contributed by atoms with Gasteiger partial charge in [-0.05, 0) is 36.2 Å². The zero-order chi connectivity index (χ0) is 14.5. The van der Waals surface area contributed by atoms with Crippen molar-refractivity contribution in [1.82, 2.24) is 4.98 Å². The van der Waals surface area contributed by atoms with Gasteiger partial charge in [-0.3, -0.25) is 9.78 Å². The lowest BCUT2D eigenvalue weighted by Gasteiger charge is -2.09. The third-order valence-corrected chi connectivity index (χ3v) is 3.01. The van der Waals surface area contributed by atoms with Crippen molar-refractivity contribution in [3.63, 3.8) is 0 Å². The number of ether oxygens (including phenoxy) is 2. The van der Waals surface area contributed by atoms with Crippen LogP contribution in [-0.2, 0) is 6.42 Å². The maximum atomic E-state index is 12.2. The molecule has 0 spiro atoms. The minimum atomic E-state index is 0.0356. The highest BCUT2D eigenvalue weighted by Crippen LogP contribution is 2.28. The Morgan fingerprint density at radius 2 is 1.85 bits per heavy atom. The number of Topliss-reactive ketones (excluding diaryl/α,β-unsaturated/α-hetero) is 1. The molecule has 4 nitrogen and oxygen atoms in total. The molecule has 0 radical (unpaired) electrons. The van der Waals surface area contributed by atoms with E-state index in [9.17, 15) is 4.79 Å². The molecule has 104 valence electrons. The smallest absolute Gasteiger partial charge is 0.168 e. The Bertz CT molecular complexity index is 623. The topological polar surface area (TPSA) is 48.4 Å². The molecular formula is C16H17NO3. The number of benzene rings is 1. The summed E-state index contributed by atoms with van der Waals surface area (Å²) >= 11 is 0. The molecule has 0 bridgehead atoms. The van der Waals surface area contributed by atoms with Gasteiger partial charge in [0, 0.05) is 24.4 Å². The zero-order valence-corrected chi connectivity index (χ0v) is 11.8. The Morgan fingerprint density at radius 1 is 1.10 bits per heavy atom. The summed E-state index contributed by atoms with van der Waals surface area (Å²) in [6.45, 7) is 1.92. The number of carbonyl (C=O) groups excluding carboxylic acids is 1. The summed E-state index contributed by atoms with van der Waals surface area (Å²) < 4.78 is 10.4. The first-order valence-electron chi connectivity index (χ1n) is 6.30. The van der Waals surface area contributed by atoms with Gasteiger partial charge < -0.3 is 9.47 Å². The number of carbonyl (C=O) groups is 1. The van der Waals surface area contributed by atoms with Crippen molar-refractivity contribution in [2.75, 3.05) is 14.2 Å². The summed E-state index contributed by atoms with van der Waals surface area (Å²) in [5.74, 6) is 1.31. The number of nitrogens with zero attached hydrogens (tertiary/aromatic N) is 1. The summed E-state index contributed by atoms with van der Waals surface area (Å²) in [7, 11) is 3.16. The highest BCUT2D eigenvalue weighted by atomic mass is 16.5. The zero-order valence-electron chi connectivity index (χ0n) is 11.8. The molecular weight excluding hydrogens is 254 g/mol. The molecule has 4 heteroatoms. The highest BCUT2D eigenvalue weighted by Gasteiger charge is 2.10. The van der Waals surface area contributed by atoms with Gasteiger partial charge in [-0.25, -0.2) is 0 Å². The van der Waals surface area contributed by atoms with Crippen LogP contribution in [0.5, 0.6) is 11.5 Å². The van der Waals surface area contributed by atoms with Crippen LogP contribution in [0.1, 0.15) is 21.5 Å². The van der Waals surface area contributed by atoms with Crippen LogP contribution in [0.15, 0.2) is 36.7 Å². The second kappa shape index (κ2) is 6.19.